The minimum Gasteiger partial charge on any atom is -0.319 e. The average Bonchev–Trinajstić information content (AvgIpc) is 2.99. The third kappa shape index (κ3) is 2.71. The summed E-state index contributed by atoms with van der Waals surface area (Å²) in [6.45, 7) is 6.71. The number of benzene rings is 1. The minimum absolute atomic E-state index is 0.0288. The van der Waals surface area contributed by atoms with Crippen LogP contribution in [0.5, 0.6) is 0 Å². The van der Waals surface area contributed by atoms with E-state index in [4.69, 9.17) is 0 Å². The molecule has 3 atom stereocenters. The van der Waals surface area contributed by atoms with Crippen LogP contribution in [0.3, 0.4) is 0 Å². The smallest absolute Gasteiger partial charge is 0.241 e. The summed E-state index contributed by atoms with van der Waals surface area (Å²) >= 11 is 0. The lowest BCUT2D eigenvalue weighted by Crippen LogP contribution is -2.39. The molecule has 0 spiro atoms. The van der Waals surface area contributed by atoms with Crippen molar-refractivity contribution in [2.75, 3.05) is 0 Å². The molecule has 1 aromatic carbocycles. The van der Waals surface area contributed by atoms with E-state index in [0.717, 1.165) is 19.3 Å². The monoisotopic (exact) mass is 286 g/mol. The topological polar surface area (TPSA) is 32.3 Å². The normalized spacial score (nSPS) is 31.9. The molecule has 0 bridgehead atoms. The summed E-state index contributed by atoms with van der Waals surface area (Å²) in [5, 5.41) is 3.54. The van der Waals surface area contributed by atoms with E-state index >= 15 is 0 Å². The molecule has 0 aromatic heterocycles. The van der Waals surface area contributed by atoms with E-state index in [1.165, 1.54) is 12.0 Å². The highest BCUT2D eigenvalue weighted by atomic mass is 16.2. The third-order valence-electron chi connectivity index (χ3n) is 5.05. The second-order valence-corrected chi connectivity index (χ2v) is 7.25. The molecule has 3 unspecified atom stereocenters. The molecule has 1 heterocycles. The predicted octanol–water partition coefficient (Wildman–Crippen LogP) is 3.47. The van der Waals surface area contributed by atoms with E-state index in [-0.39, 0.29) is 18.1 Å². The van der Waals surface area contributed by atoms with Crippen LogP contribution in [0.1, 0.15) is 58.2 Å². The van der Waals surface area contributed by atoms with Crippen LogP contribution in [0.25, 0.3) is 0 Å². The maximum absolute atomic E-state index is 12.8. The fraction of sp³-hybridized carbons (Fsp3) is 0.611. The number of carbonyl (C=O) groups excluding carboxylic acids is 1. The molecule has 2 aliphatic rings. The van der Waals surface area contributed by atoms with Crippen molar-refractivity contribution in [1.82, 2.24) is 10.2 Å². The van der Waals surface area contributed by atoms with Crippen LogP contribution >= 0.6 is 0 Å². The van der Waals surface area contributed by atoms with Crippen LogP contribution in [0.15, 0.2) is 30.3 Å². The van der Waals surface area contributed by atoms with E-state index in [2.05, 4.69) is 55.3 Å². The van der Waals surface area contributed by atoms with Gasteiger partial charge in [-0.15, -0.1) is 0 Å². The van der Waals surface area contributed by atoms with E-state index in [1.54, 1.807) is 0 Å². The Labute approximate surface area is 127 Å². The molecule has 1 aliphatic carbocycles. The summed E-state index contributed by atoms with van der Waals surface area (Å²) in [6.07, 6.45) is 4.34. The van der Waals surface area contributed by atoms with E-state index < -0.39 is 0 Å². The Morgan fingerprint density at radius 1 is 1.29 bits per heavy atom. The molecule has 1 saturated heterocycles. The number of hydrogen-bond acceptors (Lipinski definition) is 2. The van der Waals surface area contributed by atoms with Gasteiger partial charge in [0.15, 0.2) is 0 Å². The van der Waals surface area contributed by atoms with E-state index in [1.807, 2.05) is 6.07 Å². The van der Waals surface area contributed by atoms with Crippen molar-refractivity contribution in [3.63, 3.8) is 0 Å². The molecular weight excluding hydrogens is 260 g/mol. The van der Waals surface area contributed by atoms with Crippen LogP contribution in [-0.2, 0) is 4.79 Å². The zero-order chi connectivity index (χ0) is 15.0. The molecule has 3 nitrogen and oxygen atoms in total. The Morgan fingerprint density at radius 2 is 2.00 bits per heavy atom. The highest BCUT2D eigenvalue weighted by Crippen LogP contribution is 2.43. The first-order valence-electron chi connectivity index (χ1n) is 8.15. The van der Waals surface area contributed by atoms with Gasteiger partial charge in [-0.3, -0.25) is 10.1 Å². The van der Waals surface area contributed by atoms with Gasteiger partial charge in [0.25, 0.3) is 0 Å². The predicted molar refractivity (Wildman–Crippen MR) is 84.7 cm³/mol. The SMILES string of the molecule is CCC1NC(c2ccccc2)N(C2CCC(C)(C)C2)C1=O. The fourth-order valence-electron chi connectivity index (χ4n) is 3.86. The van der Waals surface area contributed by atoms with Gasteiger partial charge in [-0.25, -0.2) is 0 Å². The molecule has 0 radical (unpaired) electrons. The first kappa shape index (κ1) is 14.6. The molecule has 114 valence electrons. The van der Waals surface area contributed by atoms with Crippen LogP contribution in [0.4, 0.5) is 0 Å². The maximum atomic E-state index is 12.8. The number of rotatable bonds is 3. The zero-order valence-electron chi connectivity index (χ0n) is 13.3. The number of nitrogens with zero attached hydrogens (tertiary/aromatic N) is 1. The minimum atomic E-state index is -0.0288. The molecule has 1 aromatic rings. The van der Waals surface area contributed by atoms with Crippen molar-refractivity contribution in [2.24, 2.45) is 5.41 Å². The standard InChI is InChI=1S/C18H26N2O/c1-4-15-17(21)20(14-10-11-18(2,3)12-14)16(19-15)13-8-6-5-7-9-13/h5-9,14-16,19H,4,10-12H2,1-3H3. The number of nitrogens with one attached hydrogen (secondary N) is 1. The molecule has 3 rings (SSSR count). The second-order valence-electron chi connectivity index (χ2n) is 7.25. The summed E-state index contributed by atoms with van der Waals surface area (Å²) in [5.41, 5.74) is 1.56. The lowest BCUT2D eigenvalue weighted by atomic mass is 9.91. The largest absolute Gasteiger partial charge is 0.319 e. The van der Waals surface area contributed by atoms with Gasteiger partial charge in [0.1, 0.15) is 6.17 Å². The fourth-order valence-corrected chi connectivity index (χ4v) is 3.86. The Kier molecular flexibility index (Phi) is 3.78. The lowest BCUT2D eigenvalue weighted by Gasteiger charge is -2.31. The Bertz CT molecular complexity index is 511. The summed E-state index contributed by atoms with van der Waals surface area (Å²) in [5.74, 6) is 0.286. The molecule has 1 saturated carbocycles. The zero-order valence-corrected chi connectivity index (χ0v) is 13.3. The number of amides is 1. The van der Waals surface area contributed by atoms with Gasteiger partial charge >= 0.3 is 0 Å². The van der Waals surface area contributed by atoms with Crippen LogP contribution in [0.2, 0.25) is 0 Å². The van der Waals surface area contributed by atoms with Gasteiger partial charge in [-0.1, -0.05) is 51.1 Å². The van der Waals surface area contributed by atoms with Crippen LogP contribution in [0, 0.1) is 5.41 Å². The Hall–Kier alpha value is -1.35. The summed E-state index contributed by atoms with van der Waals surface area (Å²) < 4.78 is 0. The van der Waals surface area contributed by atoms with Crippen molar-refractivity contribution >= 4 is 5.91 Å². The van der Waals surface area contributed by atoms with Gasteiger partial charge < -0.3 is 4.90 Å². The Morgan fingerprint density at radius 3 is 2.57 bits per heavy atom. The highest BCUT2D eigenvalue weighted by Gasteiger charge is 2.45. The molecule has 3 heteroatoms. The van der Waals surface area contributed by atoms with Gasteiger partial charge in [0, 0.05) is 6.04 Å². The molecule has 1 amide bonds. The first-order chi connectivity index (χ1) is 10.0. The second kappa shape index (κ2) is 5.45. The van der Waals surface area contributed by atoms with E-state index in [9.17, 15) is 4.79 Å². The third-order valence-corrected chi connectivity index (χ3v) is 5.05. The van der Waals surface area contributed by atoms with Gasteiger partial charge in [0.2, 0.25) is 5.91 Å². The van der Waals surface area contributed by atoms with Crippen molar-refractivity contribution in [3.05, 3.63) is 35.9 Å². The highest BCUT2D eigenvalue weighted by molar-refractivity contribution is 5.85. The average molecular weight is 286 g/mol. The first-order valence-corrected chi connectivity index (χ1v) is 8.15. The molecule has 1 N–H and O–H groups in total. The Balaban J connectivity index is 1.89. The van der Waals surface area contributed by atoms with Crippen molar-refractivity contribution in [1.29, 1.82) is 0 Å². The molecular formula is C18H26N2O. The van der Waals surface area contributed by atoms with Crippen LogP contribution < -0.4 is 5.32 Å². The molecule has 1 aliphatic heterocycles. The van der Waals surface area contributed by atoms with Gasteiger partial charge in [-0.05, 0) is 36.7 Å². The quantitative estimate of drug-likeness (QED) is 0.922. The summed E-state index contributed by atoms with van der Waals surface area (Å²) in [7, 11) is 0. The van der Waals surface area contributed by atoms with Gasteiger partial charge in [-0.2, -0.15) is 0 Å². The lowest BCUT2D eigenvalue weighted by molar-refractivity contribution is -0.132. The van der Waals surface area contributed by atoms with Crippen molar-refractivity contribution < 1.29 is 4.79 Å². The number of carbonyl (C=O) groups is 1. The molecule has 21 heavy (non-hydrogen) atoms. The molecule has 2 fully saturated rings. The van der Waals surface area contributed by atoms with E-state index in [0.29, 0.717) is 11.5 Å². The van der Waals surface area contributed by atoms with Crippen molar-refractivity contribution in [2.45, 2.75) is 64.7 Å². The van der Waals surface area contributed by atoms with Crippen LogP contribution in [-0.4, -0.2) is 22.9 Å². The van der Waals surface area contributed by atoms with Crippen molar-refractivity contribution in [3.8, 4) is 0 Å². The van der Waals surface area contributed by atoms with Gasteiger partial charge in [0.05, 0.1) is 6.04 Å². The summed E-state index contributed by atoms with van der Waals surface area (Å²) in [6, 6.07) is 10.7. The summed E-state index contributed by atoms with van der Waals surface area (Å²) in [4.78, 5) is 14.9. The maximum Gasteiger partial charge on any atom is 0.241 e. The number of hydrogen-bond donors (Lipinski definition) is 1.